The number of hydrogen-bond donors (Lipinski definition) is 1. The maximum atomic E-state index is 11.3. The normalized spacial score (nSPS) is 19.8. The fraction of sp³-hybridized carbons (Fsp3) is 0.833. The number of carbonyl (C=O) groups is 2. The van der Waals surface area contributed by atoms with E-state index in [0.717, 1.165) is 6.42 Å². The maximum absolute atomic E-state index is 11.3. The lowest BCUT2D eigenvalue weighted by Gasteiger charge is -2.21. The van der Waals surface area contributed by atoms with Gasteiger partial charge in [-0.1, -0.05) is 13.8 Å². The first-order valence-electron chi connectivity index (χ1n) is 5.88. The SMILES string of the molecule is CC.CC(C)(C)OC(=O)NC1CCC(=O)C1. The molecule has 1 fully saturated rings. The van der Waals surface area contributed by atoms with Gasteiger partial charge in [-0.2, -0.15) is 0 Å². The van der Waals surface area contributed by atoms with Crippen LogP contribution in [0.3, 0.4) is 0 Å². The van der Waals surface area contributed by atoms with Gasteiger partial charge in [-0.15, -0.1) is 0 Å². The van der Waals surface area contributed by atoms with Crippen molar-refractivity contribution in [2.45, 2.75) is 65.5 Å². The van der Waals surface area contributed by atoms with Gasteiger partial charge in [-0.3, -0.25) is 4.79 Å². The summed E-state index contributed by atoms with van der Waals surface area (Å²) in [5.74, 6) is 0.214. The molecule has 4 heteroatoms. The van der Waals surface area contributed by atoms with Crippen molar-refractivity contribution in [3.63, 3.8) is 0 Å². The van der Waals surface area contributed by atoms with E-state index < -0.39 is 11.7 Å². The Hall–Kier alpha value is -1.06. The lowest BCUT2D eigenvalue weighted by molar-refractivity contribution is -0.117. The standard InChI is InChI=1S/C10H17NO3.C2H6/c1-10(2,3)14-9(13)11-7-4-5-8(12)6-7;1-2/h7H,4-6H2,1-3H3,(H,11,13);1-2H3. The van der Waals surface area contributed by atoms with Crippen LogP contribution < -0.4 is 5.32 Å². The minimum atomic E-state index is -0.479. The highest BCUT2D eigenvalue weighted by molar-refractivity contribution is 5.82. The molecule has 1 unspecified atom stereocenters. The number of ketones is 1. The molecule has 1 aliphatic carbocycles. The Kier molecular flexibility index (Phi) is 6.08. The fourth-order valence-corrected chi connectivity index (χ4v) is 1.41. The number of alkyl carbamates (subject to hydrolysis) is 1. The van der Waals surface area contributed by atoms with Crippen molar-refractivity contribution in [1.29, 1.82) is 0 Å². The van der Waals surface area contributed by atoms with Crippen molar-refractivity contribution < 1.29 is 14.3 Å². The summed E-state index contributed by atoms with van der Waals surface area (Å²) in [7, 11) is 0. The smallest absolute Gasteiger partial charge is 0.407 e. The average Bonchev–Trinajstić information content (AvgIpc) is 2.51. The van der Waals surface area contributed by atoms with Crippen LogP contribution in [0.5, 0.6) is 0 Å². The number of nitrogens with one attached hydrogen (secondary N) is 1. The van der Waals surface area contributed by atoms with Crippen LogP contribution in [-0.4, -0.2) is 23.5 Å². The van der Waals surface area contributed by atoms with Crippen LogP contribution in [-0.2, 0) is 9.53 Å². The van der Waals surface area contributed by atoms with Crippen molar-refractivity contribution in [2.24, 2.45) is 0 Å². The quantitative estimate of drug-likeness (QED) is 0.752. The lowest BCUT2D eigenvalue weighted by Crippen LogP contribution is -2.37. The van der Waals surface area contributed by atoms with Gasteiger partial charge in [-0.05, 0) is 27.2 Å². The van der Waals surface area contributed by atoms with Gasteiger partial charge in [0.1, 0.15) is 11.4 Å². The van der Waals surface area contributed by atoms with E-state index in [-0.39, 0.29) is 11.8 Å². The van der Waals surface area contributed by atoms with Crippen LogP contribution >= 0.6 is 0 Å². The molecule has 0 aromatic carbocycles. The highest BCUT2D eigenvalue weighted by Gasteiger charge is 2.25. The second kappa shape index (κ2) is 6.51. The molecule has 0 aromatic heterocycles. The summed E-state index contributed by atoms with van der Waals surface area (Å²) >= 11 is 0. The Labute approximate surface area is 97.7 Å². The molecule has 94 valence electrons. The molecule has 16 heavy (non-hydrogen) atoms. The zero-order valence-corrected chi connectivity index (χ0v) is 10.9. The molecule has 1 rings (SSSR count). The summed E-state index contributed by atoms with van der Waals surface area (Å²) < 4.78 is 5.07. The third-order valence-corrected chi connectivity index (χ3v) is 1.97. The molecule has 0 spiro atoms. The van der Waals surface area contributed by atoms with Crippen LogP contribution in [0.4, 0.5) is 4.79 Å². The summed E-state index contributed by atoms with van der Waals surface area (Å²) in [6.07, 6.45) is 1.31. The Morgan fingerprint density at radius 3 is 2.31 bits per heavy atom. The largest absolute Gasteiger partial charge is 0.444 e. The van der Waals surface area contributed by atoms with Crippen molar-refractivity contribution in [1.82, 2.24) is 5.32 Å². The molecule has 0 aliphatic heterocycles. The zero-order valence-electron chi connectivity index (χ0n) is 10.9. The number of rotatable bonds is 1. The molecule has 1 amide bonds. The average molecular weight is 229 g/mol. The molecule has 1 N–H and O–H groups in total. The zero-order chi connectivity index (χ0) is 12.8. The summed E-state index contributed by atoms with van der Waals surface area (Å²) in [5.41, 5.74) is -0.479. The van der Waals surface area contributed by atoms with Gasteiger partial charge >= 0.3 is 6.09 Å². The second-order valence-electron chi connectivity index (χ2n) is 4.62. The molecule has 0 saturated heterocycles. The van der Waals surface area contributed by atoms with E-state index in [1.165, 1.54) is 0 Å². The Morgan fingerprint density at radius 2 is 1.94 bits per heavy atom. The van der Waals surface area contributed by atoms with Gasteiger partial charge in [-0.25, -0.2) is 4.79 Å². The van der Waals surface area contributed by atoms with E-state index in [9.17, 15) is 9.59 Å². The minimum Gasteiger partial charge on any atom is -0.444 e. The molecule has 1 saturated carbocycles. The molecule has 0 heterocycles. The second-order valence-corrected chi connectivity index (χ2v) is 4.62. The van der Waals surface area contributed by atoms with E-state index in [1.807, 2.05) is 34.6 Å². The van der Waals surface area contributed by atoms with E-state index >= 15 is 0 Å². The Balaban J connectivity index is 0.00000106. The number of carbonyl (C=O) groups excluding carboxylic acids is 2. The summed E-state index contributed by atoms with van der Waals surface area (Å²) in [5, 5.41) is 2.68. The first-order chi connectivity index (χ1) is 7.37. The van der Waals surface area contributed by atoms with Gasteiger partial charge in [0.25, 0.3) is 0 Å². The fourth-order valence-electron chi connectivity index (χ4n) is 1.41. The van der Waals surface area contributed by atoms with Gasteiger partial charge in [0, 0.05) is 18.9 Å². The third-order valence-electron chi connectivity index (χ3n) is 1.97. The maximum Gasteiger partial charge on any atom is 0.407 e. The predicted octanol–water partition coefficient (Wildman–Crippen LogP) is 2.66. The lowest BCUT2D eigenvalue weighted by atomic mass is 10.2. The van der Waals surface area contributed by atoms with Crippen LogP contribution in [0.1, 0.15) is 53.9 Å². The van der Waals surface area contributed by atoms with E-state index in [4.69, 9.17) is 4.74 Å². The molecular formula is C12H23NO3. The third kappa shape index (κ3) is 6.43. The minimum absolute atomic E-state index is 0.0302. The molecule has 0 bridgehead atoms. The first-order valence-corrected chi connectivity index (χ1v) is 5.88. The van der Waals surface area contributed by atoms with Gasteiger partial charge in [0.05, 0.1) is 0 Å². The first kappa shape index (κ1) is 14.9. The van der Waals surface area contributed by atoms with E-state index in [0.29, 0.717) is 12.8 Å². The van der Waals surface area contributed by atoms with E-state index in [1.54, 1.807) is 0 Å². The summed E-state index contributed by atoms with van der Waals surface area (Å²) in [6.45, 7) is 9.44. The van der Waals surface area contributed by atoms with Crippen LogP contribution in [0.2, 0.25) is 0 Å². The summed E-state index contributed by atoms with van der Waals surface area (Å²) in [6, 6.07) is -0.0302. The number of amides is 1. The van der Waals surface area contributed by atoms with Crippen LogP contribution in [0.15, 0.2) is 0 Å². The van der Waals surface area contributed by atoms with Crippen molar-refractivity contribution in [3.05, 3.63) is 0 Å². The predicted molar refractivity (Wildman–Crippen MR) is 63.4 cm³/mol. The molecular weight excluding hydrogens is 206 g/mol. The Bertz CT molecular complexity index is 243. The summed E-state index contributed by atoms with van der Waals surface area (Å²) in [4.78, 5) is 22.2. The van der Waals surface area contributed by atoms with Crippen molar-refractivity contribution in [2.75, 3.05) is 0 Å². The highest BCUT2D eigenvalue weighted by atomic mass is 16.6. The van der Waals surface area contributed by atoms with Gasteiger partial charge in [0.15, 0.2) is 0 Å². The van der Waals surface area contributed by atoms with Crippen LogP contribution in [0.25, 0.3) is 0 Å². The molecule has 4 nitrogen and oxygen atoms in total. The highest BCUT2D eigenvalue weighted by Crippen LogP contribution is 2.15. The Morgan fingerprint density at radius 1 is 1.38 bits per heavy atom. The van der Waals surface area contributed by atoms with Crippen LogP contribution in [0, 0.1) is 0 Å². The number of hydrogen-bond acceptors (Lipinski definition) is 3. The van der Waals surface area contributed by atoms with Crippen molar-refractivity contribution >= 4 is 11.9 Å². The monoisotopic (exact) mass is 229 g/mol. The molecule has 1 atom stereocenters. The number of ether oxygens (including phenoxy) is 1. The van der Waals surface area contributed by atoms with E-state index in [2.05, 4.69) is 5.32 Å². The molecule has 0 radical (unpaired) electrons. The molecule has 0 aromatic rings. The van der Waals surface area contributed by atoms with Crippen molar-refractivity contribution in [3.8, 4) is 0 Å². The molecule has 1 aliphatic rings. The topological polar surface area (TPSA) is 55.4 Å². The van der Waals surface area contributed by atoms with Gasteiger partial charge in [0.2, 0.25) is 0 Å². The van der Waals surface area contributed by atoms with Gasteiger partial charge < -0.3 is 10.1 Å². The number of Topliss-reactive ketones (excluding diaryl/α,β-unsaturated/α-hetero) is 1.